The first-order valence-corrected chi connectivity index (χ1v) is 10.3. The minimum Gasteiger partial charge on any atom is -0.461 e. The second-order valence-corrected chi connectivity index (χ2v) is 7.48. The normalized spacial score (nSPS) is 15.3. The van der Waals surface area contributed by atoms with Gasteiger partial charge < -0.3 is 13.8 Å². The SMILES string of the molecule is O=C(CCCc1nc(-c2ccco2)no1)N1CCCN(Cc2ccc(F)cc2)CC1. The van der Waals surface area contributed by atoms with E-state index in [1.165, 1.54) is 12.1 Å². The first kappa shape index (κ1) is 20.3. The monoisotopic (exact) mass is 412 g/mol. The molecule has 0 saturated carbocycles. The fourth-order valence-electron chi connectivity index (χ4n) is 3.64. The van der Waals surface area contributed by atoms with Crippen molar-refractivity contribution in [1.29, 1.82) is 0 Å². The lowest BCUT2D eigenvalue weighted by Crippen LogP contribution is -2.35. The first-order chi connectivity index (χ1) is 14.7. The quantitative estimate of drug-likeness (QED) is 0.591. The summed E-state index contributed by atoms with van der Waals surface area (Å²) in [5, 5.41) is 3.90. The number of carbonyl (C=O) groups excluding carboxylic acids is 1. The highest BCUT2D eigenvalue weighted by Crippen LogP contribution is 2.17. The average Bonchev–Trinajstić information content (AvgIpc) is 3.39. The molecule has 0 spiro atoms. The van der Waals surface area contributed by atoms with Gasteiger partial charge in [0, 0.05) is 45.6 Å². The van der Waals surface area contributed by atoms with E-state index in [2.05, 4.69) is 15.0 Å². The summed E-state index contributed by atoms with van der Waals surface area (Å²) in [5.74, 6) is 1.44. The van der Waals surface area contributed by atoms with E-state index in [0.29, 0.717) is 43.3 Å². The van der Waals surface area contributed by atoms with Crippen molar-refractivity contribution in [3.63, 3.8) is 0 Å². The van der Waals surface area contributed by atoms with E-state index >= 15 is 0 Å². The van der Waals surface area contributed by atoms with Crippen LogP contribution in [0.1, 0.15) is 30.7 Å². The summed E-state index contributed by atoms with van der Waals surface area (Å²) in [6, 6.07) is 10.2. The van der Waals surface area contributed by atoms with Crippen molar-refractivity contribution in [3.8, 4) is 11.6 Å². The van der Waals surface area contributed by atoms with Gasteiger partial charge in [-0.25, -0.2) is 4.39 Å². The number of hydrogen-bond acceptors (Lipinski definition) is 6. The molecule has 0 radical (unpaired) electrons. The molecule has 1 aliphatic rings. The summed E-state index contributed by atoms with van der Waals surface area (Å²) in [5.41, 5.74) is 1.09. The zero-order chi connectivity index (χ0) is 20.8. The number of furan rings is 1. The Hall–Kier alpha value is -3.00. The molecule has 0 aliphatic carbocycles. The molecule has 0 unspecified atom stereocenters. The van der Waals surface area contributed by atoms with Crippen molar-refractivity contribution in [3.05, 3.63) is 59.9 Å². The summed E-state index contributed by atoms with van der Waals surface area (Å²) in [4.78, 5) is 21.2. The highest BCUT2D eigenvalue weighted by Gasteiger charge is 2.19. The molecule has 2 aromatic heterocycles. The lowest BCUT2D eigenvalue weighted by atomic mass is 10.2. The summed E-state index contributed by atoms with van der Waals surface area (Å²) in [6.45, 7) is 4.00. The summed E-state index contributed by atoms with van der Waals surface area (Å²) >= 11 is 0. The molecule has 4 rings (SSSR count). The molecule has 1 amide bonds. The molecule has 3 heterocycles. The molecule has 1 aromatic carbocycles. The van der Waals surface area contributed by atoms with Crippen molar-refractivity contribution in [2.24, 2.45) is 0 Å². The number of aryl methyl sites for hydroxylation is 1. The number of hydrogen-bond donors (Lipinski definition) is 0. The number of carbonyl (C=O) groups is 1. The number of nitrogens with zero attached hydrogens (tertiary/aromatic N) is 4. The molecule has 1 aliphatic heterocycles. The third kappa shape index (κ3) is 5.33. The van der Waals surface area contributed by atoms with E-state index in [0.717, 1.165) is 38.2 Å². The molecule has 0 atom stereocenters. The van der Waals surface area contributed by atoms with Gasteiger partial charge in [0.05, 0.1) is 6.26 Å². The van der Waals surface area contributed by atoms with Crippen LogP contribution in [0.4, 0.5) is 4.39 Å². The molecule has 1 saturated heterocycles. The Labute approximate surface area is 174 Å². The zero-order valence-corrected chi connectivity index (χ0v) is 16.8. The first-order valence-electron chi connectivity index (χ1n) is 10.3. The number of rotatable bonds is 7. The van der Waals surface area contributed by atoms with Gasteiger partial charge in [-0.2, -0.15) is 4.98 Å². The van der Waals surface area contributed by atoms with Gasteiger partial charge in [0.1, 0.15) is 5.82 Å². The second kappa shape index (κ2) is 9.67. The maximum absolute atomic E-state index is 13.1. The van der Waals surface area contributed by atoms with Gasteiger partial charge in [-0.05, 0) is 42.7 Å². The van der Waals surface area contributed by atoms with Crippen molar-refractivity contribution in [1.82, 2.24) is 19.9 Å². The van der Waals surface area contributed by atoms with Crippen LogP contribution < -0.4 is 0 Å². The number of amides is 1. The predicted molar refractivity (Wildman–Crippen MR) is 108 cm³/mol. The molecule has 7 nitrogen and oxygen atoms in total. The maximum Gasteiger partial charge on any atom is 0.238 e. The van der Waals surface area contributed by atoms with Crippen LogP contribution in [0.2, 0.25) is 0 Å². The van der Waals surface area contributed by atoms with E-state index < -0.39 is 0 Å². The smallest absolute Gasteiger partial charge is 0.238 e. The summed E-state index contributed by atoms with van der Waals surface area (Å²) in [6.07, 6.45) is 4.17. The maximum atomic E-state index is 13.1. The minimum absolute atomic E-state index is 0.157. The van der Waals surface area contributed by atoms with Gasteiger partial charge in [0.25, 0.3) is 0 Å². The van der Waals surface area contributed by atoms with Gasteiger partial charge in [0.15, 0.2) is 5.76 Å². The van der Waals surface area contributed by atoms with Crippen molar-refractivity contribution < 1.29 is 18.1 Å². The van der Waals surface area contributed by atoms with Gasteiger partial charge in [-0.3, -0.25) is 9.69 Å². The van der Waals surface area contributed by atoms with E-state index in [-0.39, 0.29) is 11.7 Å². The van der Waals surface area contributed by atoms with E-state index in [9.17, 15) is 9.18 Å². The van der Waals surface area contributed by atoms with E-state index in [1.807, 2.05) is 17.0 Å². The van der Waals surface area contributed by atoms with Gasteiger partial charge >= 0.3 is 0 Å². The number of benzene rings is 1. The lowest BCUT2D eigenvalue weighted by molar-refractivity contribution is -0.131. The minimum atomic E-state index is -0.218. The zero-order valence-electron chi connectivity index (χ0n) is 16.8. The number of aromatic nitrogens is 2. The fraction of sp³-hybridized carbons (Fsp3) is 0.409. The average molecular weight is 412 g/mol. The largest absolute Gasteiger partial charge is 0.461 e. The van der Waals surface area contributed by atoms with Crippen LogP contribution in [0.25, 0.3) is 11.6 Å². The Morgan fingerprint density at radius 3 is 2.77 bits per heavy atom. The summed E-state index contributed by atoms with van der Waals surface area (Å²) < 4.78 is 23.6. The molecular weight excluding hydrogens is 387 g/mol. The molecule has 0 N–H and O–H groups in total. The standard InChI is InChI=1S/C22H25FN4O3/c23-18-9-7-17(8-10-18)16-26-11-3-12-27(14-13-26)21(28)6-1-5-20-24-22(25-30-20)19-4-2-15-29-19/h2,4,7-10,15H,1,3,5-6,11-14,16H2. The number of halogens is 1. The van der Waals surface area contributed by atoms with E-state index in [1.54, 1.807) is 18.4 Å². The van der Waals surface area contributed by atoms with Crippen molar-refractivity contribution in [2.45, 2.75) is 32.2 Å². The highest BCUT2D eigenvalue weighted by molar-refractivity contribution is 5.76. The Kier molecular flexibility index (Phi) is 6.53. The third-order valence-corrected chi connectivity index (χ3v) is 5.25. The molecular formula is C22H25FN4O3. The van der Waals surface area contributed by atoms with Crippen LogP contribution in [0.5, 0.6) is 0 Å². The lowest BCUT2D eigenvalue weighted by Gasteiger charge is -2.22. The van der Waals surface area contributed by atoms with Crippen LogP contribution in [-0.4, -0.2) is 52.0 Å². The molecule has 8 heteroatoms. The van der Waals surface area contributed by atoms with Crippen molar-refractivity contribution in [2.75, 3.05) is 26.2 Å². The predicted octanol–water partition coefficient (Wildman–Crippen LogP) is 3.53. The van der Waals surface area contributed by atoms with Gasteiger partial charge in [-0.1, -0.05) is 17.3 Å². The molecule has 1 fully saturated rings. The molecule has 30 heavy (non-hydrogen) atoms. The molecule has 3 aromatic rings. The Bertz CT molecular complexity index is 940. The summed E-state index contributed by atoms with van der Waals surface area (Å²) in [7, 11) is 0. The Morgan fingerprint density at radius 2 is 1.97 bits per heavy atom. The molecule has 158 valence electrons. The topological polar surface area (TPSA) is 75.6 Å². The van der Waals surface area contributed by atoms with Crippen LogP contribution >= 0.6 is 0 Å². The van der Waals surface area contributed by atoms with E-state index in [4.69, 9.17) is 8.94 Å². The molecule has 0 bridgehead atoms. The van der Waals surface area contributed by atoms with Crippen LogP contribution in [0, 0.1) is 5.82 Å². The Balaban J connectivity index is 1.21. The third-order valence-electron chi connectivity index (χ3n) is 5.25. The van der Waals surface area contributed by atoms with Gasteiger partial charge in [-0.15, -0.1) is 0 Å². The highest BCUT2D eigenvalue weighted by atomic mass is 19.1. The van der Waals surface area contributed by atoms with Crippen LogP contribution in [-0.2, 0) is 17.8 Å². The van der Waals surface area contributed by atoms with Crippen molar-refractivity contribution >= 4 is 5.91 Å². The Morgan fingerprint density at radius 1 is 1.10 bits per heavy atom. The van der Waals surface area contributed by atoms with Crippen LogP contribution in [0.15, 0.2) is 51.6 Å². The van der Waals surface area contributed by atoms with Gasteiger partial charge in [0.2, 0.25) is 17.6 Å². The fourth-order valence-corrected chi connectivity index (χ4v) is 3.64. The second-order valence-electron chi connectivity index (χ2n) is 7.48. The van der Waals surface area contributed by atoms with Crippen LogP contribution in [0.3, 0.4) is 0 Å².